The zero-order valence-electron chi connectivity index (χ0n) is 11.3. The smallest absolute Gasteiger partial charge is 0.160 e. The lowest BCUT2D eigenvalue weighted by atomic mass is 9.89. The molecule has 2 unspecified atom stereocenters. The highest BCUT2D eigenvalue weighted by atomic mass is 16.6. The van der Waals surface area contributed by atoms with Crippen molar-refractivity contribution < 1.29 is 9.37 Å². The first-order valence-electron chi connectivity index (χ1n) is 7.23. The van der Waals surface area contributed by atoms with E-state index in [2.05, 4.69) is 15.2 Å². The van der Waals surface area contributed by atoms with E-state index in [1.807, 2.05) is 12.1 Å². The number of nitrogens with two attached hydrogens (primary N) is 1. The molecule has 1 aliphatic carbocycles. The van der Waals surface area contributed by atoms with Crippen LogP contribution in [-0.2, 0) is 4.74 Å². The summed E-state index contributed by atoms with van der Waals surface area (Å²) >= 11 is 0. The van der Waals surface area contributed by atoms with Gasteiger partial charge >= 0.3 is 0 Å². The molecule has 6 nitrogen and oxygen atoms in total. The number of rotatable bonds is 1. The number of hydrogen-bond donors (Lipinski definition) is 1. The zero-order chi connectivity index (χ0) is 13.5. The average Bonchev–Trinajstić information content (AvgIpc) is 2.98. The summed E-state index contributed by atoms with van der Waals surface area (Å²) in [6.07, 6.45) is 5.18. The molecule has 0 amide bonds. The van der Waals surface area contributed by atoms with Crippen LogP contribution in [0.4, 0.5) is 11.4 Å². The highest BCUT2D eigenvalue weighted by molar-refractivity contribution is 5.95. The third-order valence-electron chi connectivity index (χ3n) is 4.47. The van der Waals surface area contributed by atoms with Gasteiger partial charge in [-0.3, -0.25) is 0 Å². The molecule has 0 bridgehead atoms. The summed E-state index contributed by atoms with van der Waals surface area (Å²) in [5.74, 6) is 0. The minimum Gasteiger partial charge on any atom is -0.397 e. The molecular weight excluding hydrogens is 256 g/mol. The summed E-state index contributed by atoms with van der Waals surface area (Å²) in [6.45, 7) is 1.64. The third kappa shape index (κ3) is 1.75. The minimum atomic E-state index is 0.338. The fourth-order valence-electron chi connectivity index (χ4n) is 3.50. The second-order valence-electron chi connectivity index (χ2n) is 5.59. The lowest BCUT2D eigenvalue weighted by Gasteiger charge is -2.45. The quantitative estimate of drug-likeness (QED) is 0.801. The van der Waals surface area contributed by atoms with Crippen molar-refractivity contribution in [2.75, 3.05) is 23.8 Å². The summed E-state index contributed by atoms with van der Waals surface area (Å²) < 4.78 is 10.8. The van der Waals surface area contributed by atoms with Crippen molar-refractivity contribution in [1.29, 1.82) is 0 Å². The normalized spacial score (nSPS) is 26.7. The lowest BCUT2D eigenvalue weighted by Crippen LogP contribution is -2.52. The summed E-state index contributed by atoms with van der Waals surface area (Å²) in [4.78, 5) is 2.40. The Morgan fingerprint density at radius 1 is 1.15 bits per heavy atom. The maximum atomic E-state index is 5.93. The molecule has 1 saturated carbocycles. The molecule has 1 aromatic carbocycles. The Bertz CT molecular complexity index is 625. The van der Waals surface area contributed by atoms with Crippen LogP contribution in [0.1, 0.15) is 25.7 Å². The molecule has 106 valence electrons. The number of aromatic nitrogens is 2. The molecule has 4 rings (SSSR count). The molecule has 2 aliphatic rings. The molecule has 0 radical (unpaired) electrons. The van der Waals surface area contributed by atoms with E-state index in [0.29, 0.717) is 23.3 Å². The van der Waals surface area contributed by atoms with Crippen molar-refractivity contribution in [3.8, 4) is 0 Å². The summed E-state index contributed by atoms with van der Waals surface area (Å²) in [6, 6.07) is 4.34. The standard InChI is InChI=1S/C14H18N4O2/c15-9-5-6-11(14-13(9)16-20-17-14)18-7-8-19-12-4-2-1-3-10(12)18/h5-6,10,12H,1-4,7-8,15H2. The van der Waals surface area contributed by atoms with E-state index in [1.54, 1.807) is 0 Å². The molecule has 1 saturated heterocycles. The van der Waals surface area contributed by atoms with E-state index >= 15 is 0 Å². The SMILES string of the molecule is Nc1ccc(N2CCOC3CCCCC32)c2nonc12. The Balaban J connectivity index is 1.77. The third-order valence-corrected chi connectivity index (χ3v) is 4.47. The number of nitrogens with zero attached hydrogens (tertiary/aromatic N) is 3. The topological polar surface area (TPSA) is 77.4 Å². The molecule has 1 aromatic heterocycles. The van der Waals surface area contributed by atoms with Crippen molar-refractivity contribution >= 4 is 22.4 Å². The van der Waals surface area contributed by atoms with Crippen LogP contribution in [0.3, 0.4) is 0 Å². The second-order valence-corrected chi connectivity index (χ2v) is 5.59. The molecule has 2 fully saturated rings. The first kappa shape index (κ1) is 12.0. The Kier molecular flexibility index (Phi) is 2.77. The van der Waals surface area contributed by atoms with E-state index in [-0.39, 0.29) is 0 Å². The van der Waals surface area contributed by atoms with Crippen LogP contribution in [0.5, 0.6) is 0 Å². The van der Waals surface area contributed by atoms with Gasteiger partial charge in [0.05, 0.1) is 30.1 Å². The second kappa shape index (κ2) is 4.63. The van der Waals surface area contributed by atoms with Gasteiger partial charge in [0.2, 0.25) is 0 Å². The predicted octanol–water partition coefficient (Wildman–Crippen LogP) is 1.95. The number of ether oxygens (including phenoxy) is 1. The van der Waals surface area contributed by atoms with Crippen molar-refractivity contribution in [3.63, 3.8) is 0 Å². The predicted molar refractivity (Wildman–Crippen MR) is 75.6 cm³/mol. The van der Waals surface area contributed by atoms with Gasteiger partial charge in [-0.2, -0.15) is 0 Å². The van der Waals surface area contributed by atoms with Crippen LogP contribution < -0.4 is 10.6 Å². The Morgan fingerprint density at radius 3 is 2.95 bits per heavy atom. The van der Waals surface area contributed by atoms with E-state index in [0.717, 1.165) is 30.8 Å². The molecule has 2 N–H and O–H groups in total. The lowest BCUT2D eigenvalue weighted by molar-refractivity contribution is -0.00858. The van der Waals surface area contributed by atoms with Gasteiger partial charge in [-0.05, 0) is 35.3 Å². The van der Waals surface area contributed by atoms with Crippen LogP contribution in [0.25, 0.3) is 11.0 Å². The van der Waals surface area contributed by atoms with Gasteiger partial charge in [-0.15, -0.1) is 0 Å². The average molecular weight is 274 g/mol. The summed E-state index contributed by atoms with van der Waals surface area (Å²) in [5, 5.41) is 7.95. The van der Waals surface area contributed by atoms with Gasteiger partial charge in [0.1, 0.15) is 0 Å². The van der Waals surface area contributed by atoms with Gasteiger partial charge in [-0.25, -0.2) is 4.63 Å². The molecule has 20 heavy (non-hydrogen) atoms. The molecule has 1 aliphatic heterocycles. The van der Waals surface area contributed by atoms with Gasteiger partial charge in [0, 0.05) is 6.54 Å². The highest BCUT2D eigenvalue weighted by Gasteiger charge is 2.35. The molecule has 2 heterocycles. The number of morpholine rings is 1. The van der Waals surface area contributed by atoms with Crippen molar-refractivity contribution in [2.24, 2.45) is 0 Å². The largest absolute Gasteiger partial charge is 0.397 e. The van der Waals surface area contributed by atoms with Crippen molar-refractivity contribution in [3.05, 3.63) is 12.1 Å². The molecule has 6 heteroatoms. The summed E-state index contributed by atoms with van der Waals surface area (Å²) in [7, 11) is 0. The van der Waals surface area contributed by atoms with Crippen LogP contribution in [0, 0.1) is 0 Å². The van der Waals surface area contributed by atoms with Gasteiger partial charge in [0.15, 0.2) is 11.0 Å². The van der Waals surface area contributed by atoms with E-state index in [9.17, 15) is 0 Å². The fourth-order valence-corrected chi connectivity index (χ4v) is 3.50. The maximum Gasteiger partial charge on any atom is 0.160 e. The number of fused-ring (bicyclic) bond motifs is 2. The van der Waals surface area contributed by atoms with E-state index in [1.165, 1.54) is 19.3 Å². The van der Waals surface area contributed by atoms with Crippen molar-refractivity contribution in [2.45, 2.75) is 37.8 Å². The van der Waals surface area contributed by atoms with Crippen LogP contribution >= 0.6 is 0 Å². The van der Waals surface area contributed by atoms with Crippen LogP contribution in [0.15, 0.2) is 16.8 Å². The fraction of sp³-hybridized carbons (Fsp3) is 0.571. The van der Waals surface area contributed by atoms with E-state index < -0.39 is 0 Å². The van der Waals surface area contributed by atoms with Crippen LogP contribution in [0.2, 0.25) is 0 Å². The number of anilines is 2. The highest BCUT2D eigenvalue weighted by Crippen LogP contribution is 2.35. The molecular formula is C14H18N4O2. The molecule has 0 spiro atoms. The van der Waals surface area contributed by atoms with Gasteiger partial charge < -0.3 is 15.4 Å². The first-order valence-corrected chi connectivity index (χ1v) is 7.23. The van der Waals surface area contributed by atoms with Crippen molar-refractivity contribution in [1.82, 2.24) is 10.3 Å². The van der Waals surface area contributed by atoms with Crippen LogP contribution in [-0.4, -0.2) is 35.6 Å². The Hall–Kier alpha value is -1.82. The summed E-state index contributed by atoms with van der Waals surface area (Å²) in [5.41, 5.74) is 9.01. The van der Waals surface area contributed by atoms with E-state index in [4.69, 9.17) is 15.1 Å². The number of hydrogen-bond acceptors (Lipinski definition) is 6. The first-order chi connectivity index (χ1) is 9.84. The number of benzene rings is 1. The monoisotopic (exact) mass is 274 g/mol. The zero-order valence-corrected chi connectivity index (χ0v) is 11.3. The molecule has 2 aromatic rings. The Labute approximate surface area is 116 Å². The molecule has 2 atom stereocenters. The van der Waals surface area contributed by atoms with Gasteiger partial charge in [0.25, 0.3) is 0 Å². The minimum absolute atomic E-state index is 0.338. The maximum absolute atomic E-state index is 5.93. The number of nitrogen functional groups attached to an aromatic ring is 1. The Morgan fingerprint density at radius 2 is 2.00 bits per heavy atom. The van der Waals surface area contributed by atoms with Gasteiger partial charge in [-0.1, -0.05) is 12.8 Å².